The Bertz CT molecular complexity index is 863. The van der Waals surface area contributed by atoms with Crippen molar-refractivity contribution in [2.75, 3.05) is 0 Å². The Labute approximate surface area is 122 Å². The number of para-hydroxylation sites is 1. The minimum absolute atomic E-state index is 0.673. The first-order valence-electron chi connectivity index (χ1n) is 6.36. The van der Waals surface area contributed by atoms with Crippen molar-refractivity contribution >= 4 is 23.3 Å². The molecule has 0 unspecified atom stereocenters. The molecule has 0 saturated carbocycles. The zero-order valence-electron chi connectivity index (χ0n) is 11.1. The fraction of sp³-hybridized carbons (Fsp3) is 0.125. The topological polar surface area (TPSA) is 44.5 Å². The van der Waals surface area contributed by atoms with Gasteiger partial charge < -0.3 is 9.55 Å². The van der Waals surface area contributed by atoms with Crippen LogP contribution in [-0.2, 0) is 6.54 Å². The lowest BCUT2D eigenvalue weighted by Crippen LogP contribution is -1.99. The van der Waals surface area contributed by atoms with Crippen LogP contribution in [-0.4, -0.2) is 9.55 Å². The number of hydrogen-bond donors (Lipinski definition) is 1. The number of benzene rings is 2. The summed E-state index contributed by atoms with van der Waals surface area (Å²) in [7, 11) is 0. The number of nitriles is 1. The molecular weight excluding hydrogens is 266 g/mol. The number of fused-ring (bicyclic) bond motifs is 1. The van der Waals surface area contributed by atoms with Crippen molar-refractivity contribution in [3.8, 4) is 6.07 Å². The molecule has 0 spiro atoms. The lowest BCUT2D eigenvalue weighted by molar-refractivity contribution is 0.810. The summed E-state index contributed by atoms with van der Waals surface area (Å²) in [4.78, 5) is 3.26. The van der Waals surface area contributed by atoms with Crippen LogP contribution in [0.3, 0.4) is 0 Å². The smallest absolute Gasteiger partial charge is 0.178 e. The summed E-state index contributed by atoms with van der Waals surface area (Å²) in [6, 6.07) is 15.9. The second-order valence-electron chi connectivity index (χ2n) is 4.79. The van der Waals surface area contributed by atoms with Crippen LogP contribution in [0.2, 0.25) is 0 Å². The molecule has 2 aromatic carbocycles. The highest BCUT2D eigenvalue weighted by molar-refractivity contribution is 7.71. The van der Waals surface area contributed by atoms with Crippen LogP contribution in [0.5, 0.6) is 0 Å². The number of nitrogens with one attached hydrogen (secondary N) is 1. The molecule has 3 nitrogen and oxygen atoms in total. The zero-order chi connectivity index (χ0) is 14.1. The summed E-state index contributed by atoms with van der Waals surface area (Å²) < 4.78 is 2.80. The first kappa shape index (κ1) is 12.6. The van der Waals surface area contributed by atoms with Crippen LogP contribution in [0, 0.1) is 23.0 Å². The Morgan fingerprint density at radius 3 is 2.65 bits per heavy atom. The molecule has 3 rings (SSSR count). The van der Waals surface area contributed by atoms with Gasteiger partial charge in [-0.15, -0.1) is 0 Å². The molecule has 0 radical (unpaired) electrons. The first-order valence-corrected chi connectivity index (χ1v) is 6.77. The average molecular weight is 279 g/mol. The standard InChI is InChI=1S/C16H13N3S/c1-11-3-2-4-14-15(11)18-16(20)19(14)10-13-7-5-12(9-17)6-8-13/h2-8H,10H2,1H3,(H,18,20). The van der Waals surface area contributed by atoms with Crippen LogP contribution >= 0.6 is 12.2 Å². The van der Waals surface area contributed by atoms with Crippen molar-refractivity contribution in [2.45, 2.75) is 13.5 Å². The van der Waals surface area contributed by atoms with E-state index >= 15 is 0 Å². The molecule has 1 heterocycles. The van der Waals surface area contributed by atoms with Gasteiger partial charge in [-0.25, -0.2) is 0 Å². The maximum absolute atomic E-state index is 8.82. The minimum atomic E-state index is 0.673. The quantitative estimate of drug-likeness (QED) is 0.722. The maximum atomic E-state index is 8.82. The van der Waals surface area contributed by atoms with E-state index in [1.54, 1.807) is 0 Å². The third kappa shape index (κ3) is 2.13. The normalized spacial score (nSPS) is 10.6. The fourth-order valence-corrected chi connectivity index (χ4v) is 2.61. The SMILES string of the molecule is Cc1cccc2c1[nH]c(=S)n2Cc1ccc(C#N)cc1. The van der Waals surface area contributed by atoms with Gasteiger partial charge in [-0.1, -0.05) is 24.3 Å². The van der Waals surface area contributed by atoms with Gasteiger partial charge in [0.15, 0.2) is 4.77 Å². The number of aromatic amines is 1. The van der Waals surface area contributed by atoms with Gasteiger partial charge in [0.25, 0.3) is 0 Å². The van der Waals surface area contributed by atoms with Crippen molar-refractivity contribution in [3.63, 3.8) is 0 Å². The number of aromatic nitrogens is 2. The summed E-state index contributed by atoms with van der Waals surface area (Å²) in [5.74, 6) is 0. The Balaban J connectivity index is 2.06. The highest BCUT2D eigenvalue weighted by atomic mass is 32.1. The largest absolute Gasteiger partial charge is 0.330 e. The molecule has 20 heavy (non-hydrogen) atoms. The van der Waals surface area contributed by atoms with Crippen molar-refractivity contribution in [1.29, 1.82) is 5.26 Å². The third-order valence-corrected chi connectivity index (χ3v) is 3.76. The van der Waals surface area contributed by atoms with Gasteiger partial charge in [0.1, 0.15) is 0 Å². The second-order valence-corrected chi connectivity index (χ2v) is 5.18. The van der Waals surface area contributed by atoms with E-state index in [0.29, 0.717) is 12.1 Å². The van der Waals surface area contributed by atoms with E-state index in [0.717, 1.165) is 21.4 Å². The lowest BCUT2D eigenvalue weighted by atomic mass is 10.1. The molecule has 0 amide bonds. The van der Waals surface area contributed by atoms with Crippen molar-refractivity contribution in [2.24, 2.45) is 0 Å². The van der Waals surface area contributed by atoms with Crippen LogP contribution in [0.1, 0.15) is 16.7 Å². The van der Waals surface area contributed by atoms with Crippen LogP contribution < -0.4 is 0 Å². The van der Waals surface area contributed by atoms with Gasteiger partial charge >= 0.3 is 0 Å². The van der Waals surface area contributed by atoms with Crippen LogP contribution in [0.4, 0.5) is 0 Å². The minimum Gasteiger partial charge on any atom is -0.330 e. The molecule has 0 bridgehead atoms. The summed E-state index contributed by atoms with van der Waals surface area (Å²) >= 11 is 5.42. The number of hydrogen-bond acceptors (Lipinski definition) is 2. The van der Waals surface area contributed by atoms with E-state index in [1.165, 1.54) is 5.56 Å². The van der Waals surface area contributed by atoms with Crippen molar-refractivity contribution in [1.82, 2.24) is 9.55 Å². The monoisotopic (exact) mass is 279 g/mol. The Morgan fingerprint density at radius 2 is 1.95 bits per heavy atom. The third-order valence-electron chi connectivity index (χ3n) is 3.44. The van der Waals surface area contributed by atoms with Crippen LogP contribution in [0.25, 0.3) is 11.0 Å². The summed E-state index contributed by atoms with van der Waals surface area (Å²) in [6.45, 7) is 2.77. The van der Waals surface area contributed by atoms with Gasteiger partial charge in [0.05, 0.1) is 29.2 Å². The summed E-state index contributed by atoms with van der Waals surface area (Å²) in [5, 5.41) is 8.82. The number of H-pyrrole nitrogens is 1. The molecule has 4 heteroatoms. The Hall–Kier alpha value is -2.38. The molecule has 0 saturated heterocycles. The zero-order valence-corrected chi connectivity index (χ0v) is 11.9. The molecule has 0 aliphatic carbocycles. The Morgan fingerprint density at radius 1 is 1.20 bits per heavy atom. The molecule has 98 valence electrons. The molecule has 0 aliphatic heterocycles. The molecule has 3 aromatic rings. The summed E-state index contributed by atoms with van der Waals surface area (Å²) in [5.41, 5.74) is 5.19. The molecular formula is C16H13N3S. The van der Waals surface area contributed by atoms with E-state index in [1.807, 2.05) is 30.3 Å². The Kier molecular flexibility index (Phi) is 3.13. The van der Waals surface area contributed by atoms with Crippen LogP contribution in [0.15, 0.2) is 42.5 Å². The summed E-state index contributed by atoms with van der Waals surface area (Å²) in [6.07, 6.45) is 0. The highest BCUT2D eigenvalue weighted by Crippen LogP contribution is 2.19. The second kappa shape index (κ2) is 4.95. The van der Waals surface area contributed by atoms with Gasteiger partial charge in [-0.3, -0.25) is 0 Å². The number of imidazole rings is 1. The van der Waals surface area contributed by atoms with Gasteiger partial charge in [0, 0.05) is 0 Å². The van der Waals surface area contributed by atoms with E-state index in [2.05, 4.69) is 34.7 Å². The number of rotatable bonds is 2. The molecule has 1 aromatic heterocycles. The predicted molar refractivity (Wildman–Crippen MR) is 82.1 cm³/mol. The molecule has 0 atom stereocenters. The van der Waals surface area contributed by atoms with Crippen molar-refractivity contribution < 1.29 is 0 Å². The average Bonchev–Trinajstić information content (AvgIpc) is 2.78. The van der Waals surface area contributed by atoms with Gasteiger partial charge in [0.2, 0.25) is 0 Å². The fourth-order valence-electron chi connectivity index (χ4n) is 2.35. The first-order chi connectivity index (χ1) is 9.69. The number of nitrogens with zero attached hydrogens (tertiary/aromatic N) is 2. The van der Waals surface area contributed by atoms with Crippen molar-refractivity contribution in [3.05, 3.63) is 63.9 Å². The van der Waals surface area contributed by atoms with E-state index < -0.39 is 0 Å². The number of aryl methyl sites for hydroxylation is 1. The predicted octanol–water partition coefficient (Wildman–Crippen LogP) is 3.93. The lowest BCUT2D eigenvalue weighted by Gasteiger charge is -2.05. The maximum Gasteiger partial charge on any atom is 0.178 e. The van der Waals surface area contributed by atoms with Gasteiger partial charge in [-0.2, -0.15) is 5.26 Å². The van der Waals surface area contributed by atoms with E-state index in [9.17, 15) is 0 Å². The molecule has 1 N–H and O–H groups in total. The highest BCUT2D eigenvalue weighted by Gasteiger charge is 2.06. The molecule has 0 fully saturated rings. The van der Waals surface area contributed by atoms with Gasteiger partial charge in [-0.05, 0) is 48.5 Å². The van der Waals surface area contributed by atoms with E-state index in [4.69, 9.17) is 17.5 Å². The van der Waals surface area contributed by atoms with E-state index in [-0.39, 0.29) is 0 Å². The molecule has 0 aliphatic rings.